The normalized spacial score (nSPS) is 21.2. The van der Waals surface area contributed by atoms with E-state index < -0.39 is 27.1 Å². The van der Waals surface area contributed by atoms with Gasteiger partial charge in [-0.3, -0.25) is 14.6 Å². The third-order valence-electron chi connectivity index (χ3n) is 9.70. The number of likely N-dealkylation sites (tertiary alicyclic amines) is 1. The number of alkyl halides is 2. The second-order valence-electron chi connectivity index (χ2n) is 13.8. The average molecular weight is 725 g/mol. The van der Waals surface area contributed by atoms with E-state index in [-0.39, 0.29) is 50.4 Å². The maximum absolute atomic E-state index is 13.7. The van der Waals surface area contributed by atoms with Crippen LogP contribution in [0.4, 0.5) is 14.5 Å². The van der Waals surface area contributed by atoms with Gasteiger partial charge >= 0.3 is 0 Å². The van der Waals surface area contributed by atoms with E-state index in [0.717, 1.165) is 0 Å². The van der Waals surface area contributed by atoms with Crippen LogP contribution in [0.1, 0.15) is 56.2 Å². The lowest BCUT2D eigenvalue weighted by Crippen LogP contribution is -2.57. The molecule has 2 atom stereocenters. The molecule has 1 saturated heterocycles. The Morgan fingerprint density at radius 1 is 1.18 bits per heavy atom. The Labute approximate surface area is 292 Å². The van der Waals surface area contributed by atoms with E-state index in [0.29, 0.717) is 75.1 Å². The van der Waals surface area contributed by atoms with Crippen molar-refractivity contribution in [2.45, 2.75) is 69.3 Å². The van der Waals surface area contributed by atoms with Crippen LogP contribution in [-0.2, 0) is 27.6 Å². The molecule has 0 bridgehead atoms. The van der Waals surface area contributed by atoms with E-state index >= 15 is 0 Å². The predicted molar refractivity (Wildman–Crippen MR) is 182 cm³/mol. The van der Waals surface area contributed by atoms with Gasteiger partial charge in [0.15, 0.2) is 22.1 Å². The highest BCUT2D eigenvalue weighted by Crippen LogP contribution is 2.44. The lowest BCUT2D eigenvalue weighted by molar-refractivity contribution is -0.128. The Bertz CT molecular complexity index is 2130. The lowest BCUT2D eigenvalue weighted by atomic mass is 9.85. The molecule has 5 heterocycles. The third kappa shape index (κ3) is 6.40. The van der Waals surface area contributed by atoms with Crippen LogP contribution in [0.3, 0.4) is 0 Å². The van der Waals surface area contributed by atoms with Crippen LogP contribution in [0.25, 0.3) is 22.2 Å². The number of rotatable bonds is 8. The second kappa shape index (κ2) is 12.8. The van der Waals surface area contributed by atoms with Gasteiger partial charge in [0.1, 0.15) is 17.6 Å². The standard InChI is InChI=1S/C34H35ClF2N8O4S/c1-19(2)8-25-23(12-38)32(20-4-5-26-28(9-20)49-18-31(46)44(26)17-30-39-13-21(35)14-40-30)24-15-41-45(33(24)42-25)27-6-7-43(16-29(27)50(3,47)48)22-10-34(36,37)11-22/h4-5,9,13-15,19,22,27,29H,6-8,10-11,16-18H2,1-3H3. The summed E-state index contributed by atoms with van der Waals surface area (Å²) in [6.45, 7) is 4.49. The summed E-state index contributed by atoms with van der Waals surface area (Å²) in [7, 11) is -3.63. The molecule has 1 saturated carbocycles. The number of halogens is 3. The summed E-state index contributed by atoms with van der Waals surface area (Å²) in [5, 5.41) is 15.2. The quantitative estimate of drug-likeness (QED) is 0.243. The number of nitrogens with zero attached hydrogens (tertiary/aromatic N) is 8. The maximum Gasteiger partial charge on any atom is 0.265 e. The molecule has 0 radical (unpaired) electrons. The molecule has 7 rings (SSSR count). The number of aromatic nitrogens is 5. The minimum Gasteiger partial charge on any atom is -0.482 e. The Hall–Kier alpha value is -4.26. The highest BCUT2D eigenvalue weighted by Gasteiger charge is 2.50. The topological polar surface area (TPSA) is 147 Å². The number of piperidine rings is 1. The molecule has 16 heteroatoms. The minimum absolute atomic E-state index is 0.101. The molecule has 0 spiro atoms. The van der Waals surface area contributed by atoms with Crippen molar-refractivity contribution in [3.8, 4) is 22.9 Å². The molecule has 1 aliphatic carbocycles. The third-order valence-corrected chi connectivity index (χ3v) is 11.5. The van der Waals surface area contributed by atoms with Crippen LogP contribution in [0.5, 0.6) is 5.75 Å². The van der Waals surface area contributed by atoms with E-state index in [1.54, 1.807) is 29.1 Å². The van der Waals surface area contributed by atoms with Crippen molar-refractivity contribution in [3.63, 3.8) is 0 Å². The van der Waals surface area contributed by atoms with Crippen molar-refractivity contribution in [1.29, 1.82) is 5.26 Å². The van der Waals surface area contributed by atoms with Crippen LogP contribution in [-0.4, -0.2) is 87.1 Å². The molecule has 1 aromatic carbocycles. The van der Waals surface area contributed by atoms with Gasteiger partial charge in [0.2, 0.25) is 0 Å². The van der Waals surface area contributed by atoms with Crippen molar-refractivity contribution >= 4 is 44.1 Å². The smallest absolute Gasteiger partial charge is 0.265 e. The van der Waals surface area contributed by atoms with Gasteiger partial charge in [-0.25, -0.2) is 36.8 Å². The van der Waals surface area contributed by atoms with Crippen molar-refractivity contribution < 1.29 is 26.7 Å². The van der Waals surface area contributed by atoms with E-state index in [9.17, 15) is 27.3 Å². The van der Waals surface area contributed by atoms with E-state index in [2.05, 4.69) is 21.1 Å². The summed E-state index contributed by atoms with van der Waals surface area (Å²) in [4.78, 5) is 29.7. The first-order valence-electron chi connectivity index (χ1n) is 16.4. The summed E-state index contributed by atoms with van der Waals surface area (Å²) in [6.07, 6.45) is 6.00. The minimum atomic E-state index is -3.63. The number of hydrogen-bond donors (Lipinski definition) is 0. The number of pyridine rings is 1. The first kappa shape index (κ1) is 34.2. The molecule has 262 valence electrons. The van der Waals surface area contributed by atoms with Crippen molar-refractivity contribution in [1.82, 2.24) is 29.6 Å². The number of nitriles is 1. The molecule has 0 N–H and O–H groups in total. The Balaban J connectivity index is 1.30. The number of amides is 1. The summed E-state index contributed by atoms with van der Waals surface area (Å²) in [6, 6.07) is 6.72. The fourth-order valence-electron chi connectivity index (χ4n) is 7.25. The van der Waals surface area contributed by atoms with Crippen LogP contribution in [0.15, 0.2) is 36.8 Å². The highest BCUT2D eigenvalue weighted by molar-refractivity contribution is 7.91. The van der Waals surface area contributed by atoms with Crippen LogP contribution in [0.2, 0.25) is 5.02 Å². The van der Waals surface area contributed by atoms with Gasteiger partial charge < -0.3 is 4.74 Å². The monoisotopic (exact) mass is 724 g/mol. The first-order chi connectivity index (χ1) is 23.7. The summed E-state index contributed by atoms with van der Waals surface area (Å²) >= 11 is 5.94. The van der Waals surface area contributed by atoms with Crippen LogP contribution in [0, 0.1) is 17.2 Å². The van der Waals surface area contributed by atoms with Crippen molar-refractivity contribution in [3.05, 3.63) is 58.9 Å². The number of carbonyl (C=O) groups is 1. The van der Waals surface area contributed by atoms with E-state index in [1.807, 2.05) is 18.7 Å². The van der Waals surface area contributed by atoms with E-state index in [4.69, 9.17) is 21.3 Å². The van der Waals surface area contributed by atoms with Gasteiger partial charge in [0.25, 0.3) is 11.8 Å². The number of benzene rings is 1. The number of anilines is 1. The first-order valence-corrected chi connectivity index (χ1v) is 18.7. The molecular weight excluding hydrogens is 690 g/mol. The van der Waals surface area contributed by atoms with E-state index in [1.165, 1.54) is 23.5 Å². The van der Waals surface area contributed by atoms with Gasteiger partial charge in [-0.1, -0.05) is 31.5 Å². The highest BCUT2D eigenvalue weighted by atomic mass is 35.5. The Morgan fingerprint density at radius 3 is 2.58 bits per heavy atom. The maximum atomic E-state index is 13.7. The molecule has 4 aromatic rings. The zero-order valence-electron chi connectivity index (χ0n) is 27.7. The zero-order valence-corrected chi connectivity index (χ0v) is 29.3. The molecule has 2 fully saturated rings. The summed E-state index contributed by atoms with van der Waals surface area (Å²) < 4.78 is 61.4. The SMILES string of the molecule is CC(C)Cc1nc2c(cnn2C2CCN(C3CC(F)(F)C3)CC2S(C)(=O)=O)c(-c2ccc3c(c2)OCC(=O)N3Cc2ncc(Cl)cn2)c1C#N. The average Bonchev–Trinajstić information content (AvgIpc) is 3.47. The molecule has 3 aromatic heterocycles. The Morgan fingerprint density at radius 2 is 1.92 bits per heavy atom. The van der Waals surface area contributed by atoms with Gasteiger partial charge in [0, 0.05) is 61.6 Å². The van der Waals surface area contributed by atoms with Crippen LogP contribution >= 0.6 is 11.6 Å². The summed E-state index contributed by atoms with van der Waals surface area (Å²) in [5.41, 5.74) is 3.07. The lowest BCUT2D eigenvalue weighted by Gasteiger charge is -2.47. The van der Waals surface area contributed by atoms with Crippen molar-refractivity contribution in [2.75, 3.05) is 30.9 Å². The molecular formula is C34H35ClF2N8O4S. The van der Waals surface area contributed by atoms with Gasteiger partial charge in [-0.15, -0.1) is 0 Å². The zero-order chi connectivity index (χ0) is 35.5. The fourth-order valence-corrected chi connectivity index (χ4v) is 8.63. The van der Waals surface area contributed by atoms with Crippen molar-refractivity contribution in [2.24, 2.45) is 5.92 Å². The Kier molecular flexibility index (Phi) is 8.76. The number of carbonyl (C=O) groups excluding carboxylic acids is 1. The molecule has 50 heavy (non-hydrogen) atoms. The molecule has 3 aliphatic rings. The van der Waals surface area contributed by atoms with Gasteiger partial charge in [0.05, 0.1) is 46.0 Å². The predicted octanol–water partition coefficient (Wildman–Crippen LogP) is 5.00. The van der Waals surface area contributed by atoms with Gasteiger partial charge in [-0.2, -0.15) is 10.4 Å². The second-order valence-corrected chi connectivity index (χ2v) is 16.5. The summed E-state index contributed by atoms with van der Waals surface area (Å²) in [5.74, 6) is -2.02. The number of sulfone groups is 1. The number of fused-ring (bicyclic) bond motifs is 2. The number of ether oxygens (including phenoxy) is 1. The van der Waals surface area contributed by atoms with Crippen LogP contribution < -0.4 is 9.64 Å². The molecule has 1 amide bonds. The number of hydrogen-bond acceptors (Lipinski definition) is 10. The molecule has 2 unspecified atom stereocenters. The molecule has 12 nitrogen and oxygen atoms in total. The largest absolute Gasteiger partial charge is 0.482 e. The fraction of sp³-hybridized carbons (Fsp3) is 0.471. The van der Waals surface area contributed by atoms with Gasteiger partial charge in [-0.05, 0) is 36.5 Å². The molecule has 2 aliphatic heterocycles.